The Morgan fingerprint density at radius 1 is 0.788 bits per heavy atom. The zero-order chi connectivity index (χ0) is 24.1. The van der Waals surface area contributed by atoms with Gasteiger partial charge >= 0.3 is 0 Å². The van der Waals surface area contributed by atoms with E-state index < -0.39 is 10.0 Å². The van der Waals surface area contributed by atoms with Gasteiger partial charge < -0.3 is 0 Å². The summed E-state index contributed by atoms with van der Waals surface area (Å²) >= 11 is 0. The molecule has 4 aromatic rings. The fraction of sp³-hybridized carbons (Fsp3) is 0.296. The standard InChI is InChI=1S/C27H31N3O2S/c1-16-17(2)19(4)27(20(5)18(16)3)33(31,32)29-26-21(6)28-30(22(26)7)15-24-13-10-12-23-11-8-9-14-25(23)24/h8-14,29H,15H2,1-7H3. The number of benzene rings is 3. The summed E-state index contributed by atoms with van der Waals surface area (Å²) in [5.74, 6) is 0. The number of fused-ring (bicyclic) bond motifs is 1. The fourth-order valence-electron chi connectivity index (χ4n) is 4.64. The van der Waals surface area contributed by atoms with Crippen LogP contribution in [-0.4, -0.2) is 18.2 Å². The summed E-state index contributed by atoms with van der Waals surface area (Å²) in [4.78, 5) is 0.365. The summed E-state index contributed by atoms with van der Waals surface area (Å²) in [6.45, 7) is 14.1. The highest BCUT2D eigenvalue weighted by Gasteiger charge is 2.26. The van der Waals surface area contributed by atoms with E-state index in [0.717, 1.165) is 39.1 Å². The minimum absolute atomic E-state index is 0.365. The first kappa shape index (κ1) is 23.1. The van der Waals surface area contributed by atoms with Gasteiger partial charge in [-0.25, -0.2) is 8.42 Å². The zero-order valence-corrected chi connectivity index (χ0v) is 21.2. The Labute approximate surface area is 196 Å². The first-order valence-electron chi connectivity index (χ1n) is 11.1. The first-order chi connectivity index (χ1) is 15.5. The van der Waals surface area contributed by atoms with E-state index in [0.29, 0.717) is 22.8 Å². The van der Waals surface area contributed by atoms with Gasteiger partial charge in [0.15, 0.2) is 0 Å². The molecule has 0 fully saturated rings. The van der Waals surface area contributed by atoms with Crippen LogP contribution < -0.4 is 4.72 Å². The molecule has 3 aromatic carbocycles. The third-order valence-electron chi connectivity index (χ3n) is 7.02. The van der Waals surface area contributed by atoms with Gasteiger partial charge in [0, 0.05) is 0 Å². The van der Waals surface area contributed by atoms with Crippen molar-refractivity contribution in [3.63, 3.8) is 0 Å². The van der Waals surface area contributed by atoms with Crippen molar-refractivity contribution in [3.05, 3.63) is 87.2 Å². The van der Waals surface area contributed by atoms with E-state index in [4.69, 9.17) is 0 Å². The maximum absolute atomic E-state index is 13.6. The Kier molecular flexibility index (Phi) is 5.83. The molecular weight excluding hydrogens is 430 g/mol. The lowest BCUT2D eigenvalue weighted by Gasteiger charge is -2.19. The normalized spacial score (nSPS) is 11.8. The quantitative estimate of drug-likeness (QED) is 0.394. The summed E-state index contributed by atoms with van der Waals surface area (Å²) in [7, 11) is -3.78. The van der Waals surface area contributed by atoms with Crippen molar-refractivity contribution in [1.29, 1.82) is 0 Å². The molecule has 0 atom stereocenters. The van der Waals surface area contributed by atoms with Crippen molar-refractivity contribution in [2.75, 3.05) is 4.72 Å². The molecule has 0 aliphatic rings. The third kappa shape index (κ3) is 3.93. The van der Waals surface area contributed by atoms with Crippen LogP contribution in [-0.2, 0) is 16.6 Å². The van der Waals surface area contributed by atoms with Gasteiger partial charge in [-0.2, -0.15) is 5.10 Å². The summed E-state index contributed by atoms with van der Waals surface area (Å²) in [6.07, 6.45) is 0. The van der Waals surface area contributed by atoms with Crippen molar-refractivity contribution >= 4 is 26.5 Å². The predicted molar refractivity (Wildman–Crippen MR) is 136 cm³/mol. The average molecular weight is 462 g/mol. The summed E-state index contributed by atoms with van der Waals surface area (Å²) in [5, 5.41) is 7.02. The average Bonchev–Trinajstić information content (AvgIpc) is 3.03. The zero-order valence-electron chi connectivity index (χ0n) is 20.4. The molecule has 0 spiro atoms. The maximum atomic E-state index is 13.6. The molecule has 0 unspecified atom stereocenters. The van der Waals surface area contributed by atoms with Crippen LogP contribution in [0.5, 0.6) is 0 Å². The van der Waals surface area contributed by atoms with Crippen molar-refractivity contribution in [2.24, 2.45) is 0 Å². The molecule has 1 aromatic heterocycles. The van der Waals surface area contributed by atoms with E-state index in [9.17, 15) is 8.42 Å². The summed E-state index contributed by atoms with van der Waals surface area (Å²) < 4.78 is 31.8. The molecule has 6 heteroatoms. The Morgan fingerprint density at radius 3 is 2.03 bits per heavy atom. The number of hydrogen-bond donors (Lipinski definition) is 1. The van der Waals surface area contributed by atoms with Crippen LogP contribution in [0.4, 0.5) is 5.69 Å². The Balaban J connectivity index is 1.74. The number of sulfonamides is 1. The Morgan fingerprint density at radius 2 is 1.36 bits per heavy atom. The second-order valence-corrected chi connectivity index (χ2v) is 10.5. The molecule has 0 amide bonds. The molecule has 0 radical (unpaired) electrons. The molecule has 0 saturated heterocycles. The lowest BCUT2D eigenvalue weighted by Crippen LogP contribution is -2.18. The van der Waals surface area contributed by atoms with Crippen molar-refractivity contribution in [2.45, 2.75) is 59.9 Å². The highest BCUT2D eigenvalue weighted by atomic mass is 32.2. The van der Waals surface area contributed by atoms with E-state index in [1.54, 1.807) is 0 Å². The number of rotatable bonds is 5. The van der Waals surface area contributed by atoms with Crippen LogP contribution in [0.2, 0.25) is 0 Å². The molecule has 0 aliphatic heterocycles. The van der Waals surface area contributed by atoms with Crippen LogP contribution in [0.1, 0.15) is 44.8 Å². The van der Waals surface area contributed by atoms with E-state index >= 15 is 0 Å². The minimum Gasteiger partial charge on any atom is -0.276 e. The molecule has 0 bridgehead atoms. The smallest absolute Gasteiger partial charge is 0.262 e. The van der Waals surface area contributed by atoms with Crippen molar-refractivity contribution in [3.8, 4) is 0 Å². The SMILES string of the molecule is Cc1nn(Cc2cccc3ccccc23)c(C)c1NS(=O)(=O)c1c(C)c(C)c(C)c(C)c1C. The van der Waals surface area contributed by atoms with Gasteiger partial charge in [-0.05, 0) is 92.6 Å². The third-order valence-corrected chi connectivity index (χ3v) is 8.64. The van der Waals surface area contributed by atoms with Crippen LogP contribution >= 0.6 is 0 Å². The molecule has 1 heterocycles. The first-order valence-corrected chi connectivity index (χ1v) is 12.6. The van der Waals surface area contributed by atoms with E-state index in [1.807, 2.05) is 71.3 Å². The van der Waals surface area contributed by atoms with Crippen LogP contribution in [0, 0.1) is 48.5 Å². The minimum atomic E-state index is -3.78. The van der Waals surface area contributed by atoms with E-state index in [2.05, 4.69) is 34.1 Å². The van der Waals surface area contributed by atoms with Crippen LogP contribution in [0.3, 0.4) is 0 Å². The van der Waals surface area contributed by atoms with Gasteiger partial charge in [0.05, 0.1) is 28.5 Å². The van der Waals surface area contributed by atoms with Gasteiger partial charge in [0.1, 0.15) is 0 Å². The van der Waals surface area contributed by atoms with Crippen molar-refractivity contribution in [1.82, 2.24) is 9.78 Å². The number of nitrogens with zero attached hydrogens (tertiary/aromatic N) is 2. The molecular formula is C27H31N3O2S. The lowest BCUT2D eigenvalue weighted by atomic mass is 9.95. The van der Waals surface area contributed by atoms with Gasteiger partial charge in [-0.15, -0.1) is 0 Å². The largest absolute Gasteiger partial charge is 0.276 e. The summed E-state index contributed by atoms with van der Waals surface area (Å²) in [6, 6.07) is 14.5. The van der Waals surface area contributed by atoms with Gasteiger partial charge in [0.2, 0.25) is 0 Å². The predicted octanol–water partition coefficient (Wildman–Crippen LogP) is 6.04. The molecule has 33 heavy (non-hydrogen) atoms. The Hall–Kier alpha value is -3.12. The second kappa shape index (κ2) is 8.34. The molecule has 1 N–H and O–H groups in total. The van der Waals surface area contributed by atoms with Crippen molar-refractivity contribution < 1.29 is 8.42 Å². The van der Waals surface area contributed by atoms with Gasteiger partial charge in [-0.1, -0.05) is 42.5 Å². The molecule has 172 valence electrons. The van der Waals surface area contributed by atoms with E-state index in [-0.39, 0.29) is 0 Å². The maximum Gasteiger partial charge on any atom is 0.262 e. The number of anilines is 1. The molecule has 5 nitrogen and oxygen atoms in total. The monoisotopic (exact) mass is 461 g/mol. The summed E-state index contributed by atoms with van der Waals surface area (Å²) in [5.41, 5.74) is 7.89. The number of aryl methyl sites for hydroxylation is 1. The molecule has 0 aliphatic carbocycles. The van der Waals surface area contributed by atoms with Crippen LogP contribution in [0.25, 0.3) is 10.8 Å². The van der Waals surface area contributed by atoms with Crippen LogP contribution in [0.15, 0.2) is 47.4 Å². The number of aromatic nitrogens is 2. The highest BCUT2D eigenvalue weighted by Crippen LogP contribution is 2.32. The lowest BCUT2D eigenvalue weighted by molar-refractivity contribution is 0.599. The van der Waals surface area contributed by atoms with Gasteiger partial charge in [0.25, 0.3) is 10.0 Å². The highest BCUT2D eigenvalue weighted by molar-refractivity contribution is 7.92. The van der Waals surface area contributed by atoms with E-state index in [1.165, 1.54) is 10.8 Å². The molecule has 4 rings (SSSR count). The number of hydrogen-bond acceptors (Lipinski definition) is 3. The van der Waals surface area contributed by atoms with Gasteiger partial charge in [-0.3, -0.25) is 9.40 Å². The topological polar surface area (TPSA) is 64.0 Å². The second-order valence-electron chi connectivity index (χ2n) is 8.90. The number of nitrogens with one attached hydrogen (secondary N) is 1. The Bertz CT molecular complexity index is 1460. The fourth-order valence-corrected chi connectivity index (χ4v) is 6.42. The molecule has 0 saturated carbocycles.